The van der Waals surface area contributed by atoms with Gasteiger partial charge in [-0.05, 0) is 50.4 Å². The highest BCUT2D eigenvalue weighted by Crippen LogP contribution is 2.18. The summed E-state index contributed by atoms with van der Waals surface area (Å²) in [5, 5.41) is 2.81. The monoisotopic (exact) mass is 368 g/mol. The number of amides is 1. The Bertz CT molecular complexity index is 799. The molecule has 2 heterocycles. The number of likely N-dealkylation sites (N-methyl/N-ethyl adjacent to an activating group) is 1. The van der Waals surface area contributed by atoms with Crippen LogP contribution in [0.2, 0.25) is 0 Å². The molecule has 0 saturated carbocycles. The quantitative estimate of drug-likeness (QED) is 0.816. The molecular weight excluding hydrogens is 344 g/mol. The summed E-state index contributed by atoms with van der Waals surface area (Å²) in [5.74, 6) is -0.660. The molecule has 2 aromatic rings. The number of hydrogen-bond acceptors (Lipinski definition) is 6. The Kier molecular flexibility index (Phi) is 6.03. The van der Waals surface area contributed by atoms with Crippen molar-refractivity contribution in [1.29, 1.82) is 0 Å². The lowest BCUT2D eigenvalue weighted by molar-refractivity contribution is 0.0526. The smallest absolute Gasteiger partial charge is 0.338 e. The number of aromatic nitrogens is 1. The van der Waals surface area contributed by atoms with Crippen LogP contribution in [0.25, 0.3) is 0 Å². The molecule has 1 fully saturated rings. The van der Waals surface area contributed by atoms with Crippen molar-refractivity contribution in [1.82, 2.24) is 9.88 Å². The van der Waals surface area contributed by atoms with Gasteiger partial charge in [0.15, 0.2) is 0 Å². The summed E-state index contributed by atoms with van der Waals surface area (Å²) in [5.41, 5.74) is 2.41. The van der Waals surface area contributed by atoms with Crippen LogP contribution in [0.15, 0.2) is 42.6 Å². The van der Waals surface area contributed by atoms with E-state index >= 15 is 0 Å². The number of carbonyl (C=O) groups excluding carboxylic acids is 2. The summed E-state index contributed by atoms with van der Waals surface area (Å²) >= 11 is 0. The second kappa shape index (κ2) is 8.64. The second-order valence-electron chi connectivity index (χ2n) is 6.44. The maximum absolute atomic E-state index is 12.5. The van der Waals surface area contributed by atoms with Crippen LogP contribution in [-0.4, -0.2) is 61.6 Å². The summed E-state index contributed by atoms with van der Waals surface area (Å²) in [4.78, 5) is 32.9. The number of ether oxygens (including phenoxy) is 1. The van der Waals surface area contributed by atoms with E-state index in [2.05, 4.69) is 27.1 Å². The third-order valence-electron chi connectivity index (χ3n) is 4.50. The summed E-state index contributed by atoms with van der Waals surface area (Å²) < 4.78 is 4.95. The fraction of sp³-hybridized carbons (Fsp3) is 0.350. The van der Waals surface area contributed by atoms with Gasteiger partial charge in [-0.15, -0.1) is 0 Å². The second-order valence-corrected chi connectivity index (χ2v) is 6.44. The zero-order valence-electron chi connectivity index (χ0n) is 15.6. The number of rotatable bonds is 5. The van der Waals surface area contributed by atoms with Crippen LogP contribution in [0.5, 0.6) is 0 Å². The molecule has 27 heavy (non-hydrogen) atoms. The molecule has 1 aliphatic rings. The first-order chi connectivity index (χ1) is 13.1. The number of carbonyl (C=O) groups is 2. The van der Waals surface area contributed by atoms with Crippen molar-refractivity contribution in [3.8, 4) is 0 Å². The summed E-state index contributed by atoms with van der Waals surface area (Å²) in [7, 11) is 2.11. The van der Waals surface area contributed by atoms with Crippen molar-refractivity contribution in [2.45, 2.75) is 6.92 Å². The molecule has 1 saturated heterocycles. The molecule has 0 bridgehead atoms. The fourth-order valence-electron chi connectivity index (χ4n) is 2.90. The van der Waals surface area contributed by atoms with Crippen molar-refractivity contribution < 1.29 is 14.3 Å². The Labute approximate surface area is 158 Å². The molecule has 7 nitrogen and oxygen atoms in total. The lowest BCUT2D eigenvalue weighted by Gasteiger charge is -2.34. The van der Waals surface area contributed by atoms with Crippen molar-refractivity contribution >= 4 is 23.3 Å². The number of nitrogens with one attached hydrogen (secondary N) is 1. The van der Waals surface area contributed by atoms with E-state index in [0.717, 1.165) is 31.9 Å². The number of nitrogens with zero attached hydrogens (tertiary/aromatic N) is 3. The third-order valence-corrected chi connectivity index (χ3v) is 4.50. The van der Waals surface area contributed by atoms with Crippen LogP contribution in [-0.2, 0) is 4.74 Å². The molecule has 1 amide bonds. The Morgan fingerprint density at radius 2 is 1.81 bits per heavy atom. The largest absolute Gasteiger partial charge is 0.462 e. The minimum atomic E-state index is -0.378. The first kappa shape index (κ1) is 18.8. The van der Waals surface area contributed by atoms with E-state index in [1.807, 2.05) is 12.1 Å². The normalized spacial score (nSPS) is 14.7. The first-order valence-electron chi connectivity index (χ1n) is 9.05. The number of anilines is 2. The topological polar surface area (TPSA) is 74.8 Å². The predicted molar refractivity (Wildman–Crippen MR) is 104 cm³/mol. The van der Waals surface area contributed by atoms with Gasteiger partial charge in [0, 0.05) is 43.8 Å². The Morgan fingerprint density at radius 1 is 1.11 bits per heavy atom. The molecule has 1 N–H and O–H groups in total. The number of piperazine rings is 1. The molecular formula is C20H24N4O3. The van der Waals surface area contributed by atoms with Crippen LogP contribution in [0.1, 0.15) is 27.8 Å². The highest BCUT2D eigenvalue weighted by atomic mass is 16.5. The number of benzene rings is 1. The average molecular weight is 368 g/mol. The van der Waals surface area contributed by atoms with Crippen molar-refractivity contribution in [2.24, 2.45) is 0 Å². The Balaban J connectivity index is 1.66. The molecule has 0 unspecified atom stereocenters. The van der Waals surface area contributed by atoms with Gasteiger partial charge in [0.05, 0.1) is 12.2 Å². The van der Waals surface area contributed by atoms with Crippen LogP contribution in [0.3, 0.4) is 0 Å². The lowest BCUT2D eigenvalue weighted by Crippen LogP contribution is -2.44. The van der Waals surface area contributed by atoms with E-state index in [0.29, 0.717) is 23.6 Å². The van der Waals surface area contributed by atoms with Gasteiger partial charge in [0.25, 0.3) is 5.91 Å². The highest BCUT2D eigenvalue weighted by molar-refractivity contribution is 6.03. The highest BCUT2D eigenvalue weighted by Gasteiger charge is 2.16. The van der Waals surface area contributed by atoms with Crippen LogP contribution >= 0.6 is 0 Å². The van der Waals surface area contributed by atoms with Crippen LogP contribution in [0.4, 0.5) is 11.4 Å². The number of hydrogen-bond donors (Lipinski definition) is 1. The summed E-state index contributed by atoms with van der Waals surface area (Å²) in [6.45, 7) is 5.93. The fourth-order valence-corrected chi connectivity index (χ4v) is 2.90. The first-order valence-corrected chi connectivity index (χ1v) is 9.05. The zero-order valence-corrected chi connectivity index (χ0v) is 15.6. The standard InChI is InChI=1S/C20H24N4O3/c1-3-27-20(26)15-4-6-16(7-5-15)22-19(25)18-14-17(8-9-21-18)24-12-10-23(2)11-13-24/h4-9,14H,3,10-13H2,1-2H3,(H,22,25). The Morgan fingerprint density at radius 3 is 2.48 bits per heavy atom. The van der Waals surface area contributed by atoms with Crippen LogP contribution in [0, 0.1) is 0 Å². The van der Waals surface area contributed by atoms with E-state index in [-0.39, 0.29) is 11.9 Å². The molecule has 1 aliphatic heterocycles. The van der Waals surface area contributed by atoms with Gasteiger partial charge >= 0.3 is 5.97 Å². The van der Waals surface area contributed by atoms with E-state index in [1.54, 1.807) is 37.4 Å². The predicted octanol–water partition coefficient (Wildman–Crippen LogP) is 2.26. The molecule has 0 spiro atoms. The zero-order chi connectivity index (χ0) is 19.2. The lowest BCUT2D eigenvalue weighted by atomic mass is 10.2. The van der Waals surface area contributed by atoms with E-state index < -0.39 is 0 Å². The SMILES string of the molecule is CCOC(=O)c1ccc(NC(=O)c2cc(N3CCN(C)CC3)ccn2)cc1. The molecule has 0 atom stereocenters. The van der Waals surface area contributed by atoms with Gasteiger partial charge < -0.3 is 19.9 Å². The van der Waals surface area contributed by atoms with E-state index in [4.69, 9.17) is 4.74 Å². The van der Waals surface area contributed by atoms with E-state index in [9.17, 15) is 9.59 Å². The molecule has 1 aromatic heterocycles. The van der Waals surface area contributed by atoms with Gasteiger partial charge in [-0.25, -0.2) is 4.79 Å². The molecule has 1 aromatic carbocycles. The van der Waals surface area contributed by atoms with E-state index in [1.165, 1.54) is 0 Å². The maximum atomic E-state index is 12.5. The van der Waals surface area contributed by atoms with Gasteiger partial charge in [-0.3, -0.25) is 9.78 Å². The van der Waals surface area contributed by atoms with Gasteiger partial charge in [0.1, 0.15) is 5.69 Å². The maximum Gasteiger partial charge on any atom is 0.338 e. The van der Waals surface area contributed by atoms with Crippen molar-refractivity contribution in [3.05, 3.63) is 53.9 Å². The molecule has 0 aliphatic carbocycles. The van der Waals surface area contributed by atoms with Gasteiger partial charge in [-0.1, -0.05) is 0 Å². The minimum Gasteiger partial charge on any atom is -0.462 e. The number of esters is 1. The molecule has 7 heteroatoms. The Hall–Kier alpha value is -2.93. The van der Waals surface area contributed by atoms with Crippen LogP contribution < -0.4 is 10.2 Å². The summed E-state index contributed by atoms with van der Waals surface area (Å²) in [6, 6.07) is 10.3. The average Bonchev–Trinajstić information content (AvgIpc) is 2.69. The van der Waals surface area contributed by atoms with Gasteiger partial charge in [-0.2, -0.15) is 0 Å². The minimum absolute atomic E-state index is 0.283. The van der Waals surface area contributed by atoms with Crippen molar-refractivity contribution in [3.63, 3.8) is 0 Å². The number of pyridine rings is 1. The molecule has 3 rings (SSSR count). The molecule has 142 valence electrons. The van der Waals surface area contributed by atoms with Crippen molar-refractivity contribution in [2.75, 3.05) is 50.1 Å². The van der Waals surface area contributed by atoms with Gasteiger partial charge in [0.2, 0.25) is 0 Å². The third kappa shape index (κ3) is 4.83. The summed E-state index contributed by atoms with van der Waals surface area (Å²) in [6.07, 6.45) is 1.66. The molecule has 0 radical (unpaired) electrons.